The number of primary sulfonamides is 1. The van der Waals surface area contributed by atoms with Gasteiger partial charge in [-0.2, -0.15) is 10.3 Å². The molecule has 260 valence electrons. The second-order valence-electron chi connectivity index (χ2n) is 11.7. The van der Waals surface area contributed by atoms with Crippen molar-refractivity contribution in [3.05, 3.63) is 106 Å². The number of carbonyl (C=O) groups is 2. The molecule has 13 nitrogen and oxygen atoms in total. The Hall–Kier alpha value is -5.30. The van der Waals surface area contributed by atoms with Crippen LogP contribution in [0.15, 0.2) is 80.9 Å². The number of nitrogens with two attached hydrogens (primary N) is 1. The first kappa shape index (κ1) is 34.2. The van der Waals surface area contributed by atoms with Gasteiger partial charge in [-0.15, -0.1) is 21.5 Å². The molecule has 1 aliphatic carbocycles. The van der Waals surface area contributed by atoms with Gasteiger partial charge in [-0.1, -0.05) is 30.0 Å². The van der Waals surface area contributed by atoms with Crippen LogP contribution in [0.4, 0.5) is 8.78 Å². The zero-order valence-corrected chi connectivity index (χ0v) is 28.5. The van der Waals surface area contributed by atoms with Crippen LogP contribution in [0.2, 0.25) is 0 Å². The van der Waals surface area contributed by atoms with Crippen LogP contribution in [-0.2, 0) is 22.9 Å². The molecule has 3 aromatic heterocycles. The molecule has 7 rings (SSSR count). The molecule has 0 atom stereocenters. The normalized spacial score (nSPS) is 13.1. The summed E-state index contributed by atoms with van der Waals surface area (Å²) in [5.41, 5.74) is 3.12. The fourth-order valence-electron chi connectivity index (χ4n) is 5.55. The summed E-state index contributed by atoms with van der Waals surface area (Å²) in [5.74, 6) is -3.62. The molecule has 3 aromatic carbocycles. The Morgan fingerprint density at radius 3 is 2.37 bits per heavy atom. The topological polar surface area (TPSA) is 207 Å². The highest BCUT2D eigenvalue weighted by atomic mass is 32.2. The van der Waals surface area contributed by atoms with Gasteiger partial charge >= 0.3 is 11.9 Å². The lowest BCUT2D eigenvalue weighted by molar-refractivity contribution is 0.0678. The number of benzene rings is 3. The van der Waals surface area contributed by atoms with E-state index in [1.54, 1.807) is 41.1 Å². The largest absolute Gasteiger partial charge is 0.476 e. The zero-order chi connectivity index (χ0) is 36.0. The number of aromatic carboxylic acids is 2. The van der Waals surface area contributed by atoms with Crippen molar-refractivity contribution in [2.75, 3.05) is 0 Å². The molecular formula is C33H25F2N7O6S3. The fraction of sp³-hybridized carbons (Fsp3) is 0.152. The van der Waals surface area contributed by atoms with E-state index in [2.05, 4.69) is 20.4 Å². The van der Waals surface area contributed by atoms with Crippen molar-refractivity contribution in [1.82, 2.24) is 30.2 Å². The van der Waals surface area contributed by atoms with Gasteiger partial charge in [0.2, 0.25) is 20.8 Å². The van der Waals surface area contributed by atoms with Crippen molar-refractivity contribution in [2.45, 2.75) is 40.5 Å². The number of carboxylic acids is 2. The van der Waals surface area contributed by atoms with E-state index >= 15 is 4.39 Å². The summed E-state index contributed by atoms with van der Waals surface area (Å²) in [6.45, 7) is 0. The van der Waals surface area contributed by atoms with Crippen molar-refractivity contribution in [2.24, 2.45) is 11.1 Å². The molecule has 3 heterocycles. The lowest BCUT2D eigenvalue weighted by atomic mass is 9.95. The number of hydrogen-bond donors (Lipinski definition) is 4. The lowest BCUT2D eigenvalue weighted by Gasteiger charge is -2.11. The Morgan fingerprint density at radius 1 is 0.980 bits per heavy atom. The SMILES string of the molecule is NS(=O)(=O)c1ccc(Cc2c(-c3ccc(F)c(-c4ccc(Sc5n[nH]nc5C(=O)O)cc4)c3)nn(-c3nc(C(=O)O)cs3)c2CC2CC2)cc1F. The number of nitrogens with one attached hydrogen (secondary N) is 1. The molecule has 1 saturated carbocycles. The van der Waals surface area contributed by atoms with Crippen LogP contribution in [-0.4, -0.2) is 60.7 Å². The highest BCUT2D eigenvalue weighted by Crippen LogP contribution is 2.39. The third-order valence-corrected chi connectivity index (χ3v) is 10.9. The minimum atomic E-state index is -4.30. The molecule has 18 heteroatoms. The lowest BCUT2D eigenvalue weighted by Crippen LogP contribution is -2.14. The van der Waals surface area contributed by atoms with Crippen LogP contribution >= 0.6 is 23.1 Å². The van der Waals surface area contributed by atoms with Crippen LogP contribution in [0.1, 0.15) is 50.6 Å². The predicted octanol–water partition coefficient (Wildman–Crippen LogP) is 5.80. The summed E-state index contributed by atoms with van der Waals surface area (Å²) >= 11 is 2.17. The molecule has 1 aliphatic rings. The molecule has 0 bridgehead atoms. The minimum absolute atomic E-state index is 0.107. The molecule has 5 N–H and O–H groups in total. The molecule has 1 fully saturated rings. The van der Waals surface area contributed by atoms with Crippen molar-refractivity contribution in [3.8, 4) is 27.5 Å². The van der Waals surface area contributed by atoms with E-state index in [1.165, 1.54) is 17.5 Å². The number of H-pyrrole nitrogens is 1. The highest BCUT2D eigenvalue weighted by molar-refractivity contribution is 7.99. The first-order valence-electron chi connectivity index (χ1n) is 15.2. The number of aromatic nitrogens is 6. The van der Waals surface area contributed by atoms with Gasteiger partial charge in [0.1, 0.15) is 16.5 Å². The second-order valence-corrected chi connectivity index (χ2v) is 15.2. The Balaban J connectivity index is 1.32. The molecule has 6 aromatic rings. The summed E-state index contributed by atoms with van der Waals surface area (Å²) < 4.78 is 55.8. The van der Waals surface area contributed by atoms with E-state index in [1.807, 2.05) is 0 Å². The summed E-state index contributed by atoms with van der Waals surface area (Å²) in [5, 5.41) is 40.7. The number of carboxylic acid groups (broad SMARTS) is 2. The van der Waals surface area contributed by atoms with Crippen molar-refractivity contribution >= 4 is 45.1 Å². The first-order valence-corrected chi connectivity index (χ1v) is 18.4. The molecule has 0 saturated heterocycles. The van der Waals surface area contributed by atoms with Crippen LogP contribution in [0, 0.1) is 17.6 Å². The van der Waals surface area contributed by atoms with E-state index < -0.39 is 38.5 Å². The number of nitrogens with zero attached hydrogens (tertiary/aromatic N) is 5. The number of halogens is 2. The quantitative estimate of drug-likeness (QED) is 0.118. The Bertz CT molecular complexity index is 2440. The van der Waals surface area contributed by atoms with Gasteiger partial charge in [-0.3, -0.25) is 0 Å². The van der Waals surface area contributed by atoms with E-state index in [0.29, 0.717) is 50.3 Å². The van der Waals surface area contributed by atoms with E-state index in [0.717, 1.165) is 53.8 Å². The number of aromatic amines is 1. The number of thiazole rings is 1. The van der Waals surface area contributed by atoms with Gasteiger partial charge in [-0.25, -0.2) is 41.6 Å². The van der Waals surface area contributed by atoms with Gasteiger partial charge in [-0.05, 0) is 78.8 Å². The van der Waals surface area contributed by atoms with E-state index in [9.17, 15) is 32.6 Å². The van der Waals surface area contributed by atoms with E-state index in [-0.39, 0.29) is 28.4 Å². The number of rotatable bonds is 12. The van der Waals surface area contributed by atoms with Crippen molar-refractivity contribution in [3.63, 3.8) is 0 Å². The summed E-state index contributed by atoms with van der Waals surface area (Å²) in [6.07, 6.45) is 2.61. The second kappa shape index (κ2) is 13.4. The third kappa shape index (κ3) is 7.16. The maximum atomic E-state index is 15.5. The summed E-state index contributed by atoms with van der Waals surface area (Å²) in [4.78, 5) is 27.4. The summed E-state index contributed by atoms with van der Waals surface area (Å²) in [7, 11) is -4.30. The smallest absolute Gasteiger partial charge is 0.359 e. The minimum Gasteiger partial charge on any atom is -0.476 e. The Labute approximate surface area is 296 Å². The van der Waals surface area contributed by atoms with E-state index in [4.69, 9.17) is 10.2 Å². The van der Waals surface area contributed by atoms with Gasteiger partial charge in [0.05, 0.1) is 11.4 Å². The van der Waals surface area contributed by atoms with Crippen LogP contribution in [0.5, 0.6) is 0 Å². The molecule has 0 spiro atoms. The first-order chi connectivity index (χ1) is 24.4. The average Bonchev–Trinajstić information content (AvgIpc) is 3.40. The Morgan fingerprint density at radius 2 is 1.73 bits per heavy atom. The fourth-order valence-corrected chi connectivity index (χ4v) is 7.73. The van der Waals surface area contributed by atoms with Gasteiger partial charge in [0.15, 0.2) is 10.7 Å². The standard InChI is InChI=1S/C33H25F2N7O6S3/c34-23-9-6-19(14-21(23)18-4-7-20(8-5-18)50-30-29(32(45)46)38-41-39-30)28-22(11-17-3-10-27(24(35)12-17)51(36,47)48)26(13-16-1-2-16)42(40-28)33-37-25(15-49-33)31(43)44/h3-10,12,14-16H,1-2,11,13H2,(H,43,44)(H,45,46)(H2,36,47,48)(H,38,39,41). The predicted molar refractivity (Wildman–Crippen MR) is 181 cm³/mol. The van der Waals surface area contributed by atoms with Crippen molar-refractivity contribution in [1.29, 1.82) is 0 Å². The zero-order valence-electron chi connectivity index (χ0n) is 26.1. The Kier molecular flexibility index (Phi) is 9.00. The summed E-state index contributed by atoms with van der Waals surface area (Å²) in [6, 6.07) is 14.9. The van der Waals surface area contributed by atoms with Gasteiger partial charge in [0.25, 0.3) is 0 Å². The molecule has 0 aliphatic heterocycles. The van der Waals surface area contributed by atoms with Gasteiger partial charge < -0.3 is 10.2 Å². The highest BCUT2D eigenvalue weighted by Gasteiger charge is 2.30. The maximum Gasteiger partial charge on any atom is 0.359 e. The third-order valence-electron chi connectivity index (χ3n) is 8.18. The molecule has 51 heavy (non-hydrogen) atoms. The number of hydrogen-bond acceptors (Lipinski definition) is 10. The monoisotopic (exact) mass is 749 g/mol. The van der Waals surface area contributed by atoms with Gasteiger partial charge in [0, 0.05) is 33.4 Å². The van der Waals surface area contributed by atoms with Crippen LogP contribution in [0.3, 0.4) is 0 Å². The van der Waals surface area contributed by atoms with Crippen LogP contribution in [0.25, 0.3) is 27.5 Å². The molecule has 0 amide bonds. The maximum absolute atomic E-state index is 15.5. The molecule has 0 unspecified atom stereocenters. The molecular weight excluding hydrogens is 725 g/mol. The number of sulfonamides is 1. The van der Waals surface area contributed by atoms with Crippen molar-refractivity contribution < 1.29 is 37.0 Å². The van der Waals surface area contributed by atoms with Crippen LogP contribution < -0.4 is 5.14 Å². The molecule has 0 radical (unpaired) electrons. The average molecular weight is 750 g/mol.